The van der Waals surface area contributed by atoms with Crippen LogP contribution in [0.5, 0.6) is 11.5 Å². The zero-order valence-electron chi connectivity index (χ0n) is 9.36. The Hall–Kier alpha value is -1.96. The van der Waals surface area contributed by atoms with E-state index < -0.39 is 0 Å². The second-order valence-electron chi connectivity index (χ2n) is 4.11. The SMILES string of the molecule is Cc1cc(C)cc(-c2cc(O)cc(O)c2)c1. The third kappa shape index (κ3) is 2.16. The fourth-order valence-corrected chi connectivity index (χ4v) is 1.90. The summed E-state index contributed by atoms with van der Waals surface area (Å²) in [6.07, 6.45) is 0. The molecule has 0 heterocycles. The zero-order chi connectivity index (χ0) is 11.7. The maximum Gasteiger partial charge on any atom is 0.119 e. The van der Waals surface area contributed by atoms with E-state index in [4.69, 9.17) is 0 Å². The van der Waals surface area contributed by atoms with Crippen LogP contribution in [-0.4, -0.2) is 10.2 Å². The molecule has 0 atom stereocenters. The Balaban J connectivity index is 2.57. The largest absolute Gasteiger partial charge is 0.508 e. The number of aromatic hydroxyl groups is 2. The summed E-state index contributed by atoms with van der Waals surface area (Å²) in [5, 5.41) is 18.9. The second-order valence-corrected chi connectivity index (χ2v) is 4.11. The summed E-state index contributed by atoms with van der Waals surface area (Å²) in [4.78, 5) is 0. The number of phenolic OH excluding ortho intramolecular Hbond substituents is 2. The van der Waals surface area contributed by atoms with Gasteiger partial charge < -0.3 is 10.2 Å². The van der Waals surface area contributed by atoms with Crippen molar-refractivity contribution in [1.29, 1.82) is 0 Å². The van der Waals surface area contributed by atoms with Gasteiger partial charge in [-0.1, -0.05) is 29.3 Å². The van der Waals surface area contributed by atoms with Crippen LogP contribution >= 0.6 is 0 Å². The molecule has 0 saturated carbocycles. The third-order valence-corrected chi connectivity index (χ3v) is 2.46. The van der Waals surface area contributed by atoms with Gasteiger partial charge in [-0.05, 0) is 37.1 Å². The summed E-state index contributed by atoms with van der Waals surface area (Å²) in [5.74, 6) is 0.156. The summed E-state index contributed by atoms with van der Waals surface area (Å²) in [5.41, 5.74) is 4.16. The van der Waals surface area contributed by atoms with E-state index in [1.165, 1.54) is 6.07 Å². The number of hydrogen-bond acceptors (Lipinski definition) is 2. The minimum atomic E-state index is 0.0779. The molecule has 0 spiro atoms. The van der Waals surface area contributed by atoms with Crippen LogP contribution in [0.4, 0.5) is 0 Å². The van der Waals surface area contributed by atoms with Gasteiger partial charge in [0.05, 0.1) is 0 Å². The fourth-order valence-electron chi connectivity index (χ4n) is 1.90. The Morgan fingerprint density at radius 1 is 0.625 bits per heavy atom. The molecule has 0 unspecified atom stereocenters. The first kappa shape index (κ1) is 10.6. The Morgan fingerprint density at radius 3 is 1.56 bits per heavy atom. The summed E-state index contributed by atoms with van der Waals surface area (Å²) in [7, 11) is 0. The number of aryl methyl sites for hydroxylation is 2. The summed E-state index contributed by atoms with van der Waals surface area (Å²) in [6, 6.07) is 10.8. The molecule has 2 N–H and O–H groups in total. The molecule has 16 heavy (non-hydrogen) atoms. The molecule has 0 radical (unpaired) electrons. The van der Waals surface area contributed by atoms with Crippen molar-refractivity contribution in [3.63, 3.8) is 0 Å². The minimum Gasteiger partial charge on any atom is -0.508 e. The molecule has 0 aliphatic heterocycles. The minimum absolute atomic E-state index is 0.0779. The van der Waals surface area contributed by atoms with Gasteiger partial charge in [-0.15, -0.1) is 0 Å². The molecule has 0 aliphatic rings. The maximum absolute atomic E-state index is 9.43. The standard InChI is InChI=1S/C14H14O2/c1-9-3-10(2)5-11(4-9)12-6-13(15)8-14(16)7-12/h3-8,15-16H,1-2H3. The highest BCUT2D eigenvalue weighted by molar-refractivity contribution is 5.68. The first-order valence-corrected chi connectivity index (χ1v) is 5.16. The van der Waals surface area contributed by atoms with E-state index in [2.05, 4.69) is 6.07 Å². The van der Waals surface area contributed by atoms with Gasteiger partial charge in [-0.25, -0.2) is 0 Å². The molecule has 0 saturated heterocycles. The molecule has 2 rings (SSSR count). The van der Waals surface area contributed by atoms with Gasteiger partial charge in [0.25, 0.3) is 0 Å². The predicted octanol–water partition coefficient (Wildman–Crippen LogP) is 3.38. The monoisotopic (exact) mass is 214 g/mol. The molecular weight excluding hydrogens is 200 g/mol. The average molecular weight is 214 g/mol. The van der Waals surface area contributed by atoms with Crippen LogP contribution < -0.4 is 0 Å². The molecule has 0 amide bonds. The van der Waals surface area contributed by atoms with Crippen molar-refractivity contribution in [1.82, 2.24) is 0 Å². The van der Waals surface area contributed by atoms with Crippen LogP contribution in [0.1, 0.15) is 11.1 Å². The lowest BCUT2D eigenvalue weighted by Gasteiger charge is -2.06. The van der Waals surface area contributed by atoms with Gasteiger partial charge >= 0.3 is 0 Å². The Morgan fingerprint density at radius 2 is 1.06 bits per heavy atom. The highest BCUT2D eigenvalue weighted by Crippen LogP contribution is 2.29. The van der Waals surface area contributed by atoms with Gasteiger partial charge in [0, 0.05) is 6.07 Å². The van der Waals surface area contributed by atoms with E-state index in [0.717, 1.165) is 22.3 Å². The molecule has 2 heteroatoms. The van der Waals surface area contributed by atoms with Gasteiger partial charge in [0.2, 0.25) is 0 Å². The first-order chi connectivity index (χ1) is 7.54. The van der Waals surface area contributed by atoms with Crippen molar-refractivity contribution < 1.29 is 10.2 Å². The zero-order valence-corrected chi connectivity index (χ0v) is 9.36. The predicted molar refractivity (Wildman–Crippen MR) is 64.7 cm³/mol. The molecular formula is C14H14O2. The van der Waals surface area contributed by atoms with E-state index in [9.17, 15) is 10.2 Å². The number of hydrogen-bond donors (Lipinski definition) is 2. The third-order valence-electron chi connectivity index (χ3n) is 2.46. The van der Waals surface area contributed by atoms with Crippen molar-refractivity contribution in [2.24, 2.45) is 0 Å². The molecule has 0 aromatic heterocycles. The van der Waals surface area contributed by atoms with E-state index in [-0.39, 0.29) is 11.5 Å². The summed E-state index contributed by atoms with van der Waals surface area (Å²) in [6.45, 7) is 4.05. The average Bonchev–Trinajstić information content (AvgIpc) is 2.14. The summed E-state index contributed by atoms with van der Waals surface area (Å²) >= 11 is 0. The Bertz CT molecular complexity index is 440. The molecule has 0 aliphatic carbocycles. The van der Waals surface area contributed by atoms with Crippen LogP contribution in [0.15, 0.2) is 36.4 Å². The molecule has 0 fully saturated rings. The number of benzene rings is 2. The van der Waals surface area contributed by atoms with Crippen LogP contribution in [-0.2, 0) is 0 Å². The molecule has 0 bridgehead atoms. The summed E-state index contributed by atoms with van der Waals surface area (Å²) < 4.78 is 0. The van der Waals surface area contributed by atoms with Crippen LogP contribution in [0.3, 0.4) is 0 Å². The topological polar surface area (TPSA) is 40.5 Å². The van der Waals surface area contributed by atoms with Crippen LogP contribution in [0.2, 0.25) is 0 Å². The number of rotatable bonds is 1. The normalized spacial score (nSPS) is 10.4. The van der Waals surface area contributed by atoms with Gasteiger partial charge in [0.15, 0.2) is 0 Å². The van der Waals surface area contributed by atoms with Crippen molar-refractivity contribution in [2.75, 3.05) is 0 Å². The lowest BCUT2D eigenvalue weighted by molar-refractivity contribution is 0.451. The smallest absolute Gasteiger partial charge is 0.119 e. The first-order valence-electron chi connectivity index (χ1n) is 5.16. The molecule has 2 aromatic carbocycles. The van der Waals surface area contributed by atoms with E-state index in [0.29, 0.717) is 0 Å². The fraction of sp³-hybridized carbons (Fsp3) is 0.143. The van der Waals surface area contributed by atoms with E-state index in [1.54, 1.807) is 12.1 Å². The van der Waals surface area contributed by atoms with Crippen molar-refractivity contribution >= 4 is 0 Å². The van der Waals surface area contributed by atoms with E-state index in [1.807, 2.05) is 26.0 Å². The lowest BCUT2D eigenvalue weighted by atomic mass is 10.0. The molecule has 2 aromatic rings. The van der Waals surface area contributed by atoms with Crippen molar-refractivity contribution in [3.8, 4) is 22.6 Å². The van der Waals surface area contributed by atoms with Crippen LogP contribution in [0, 0.1) is 13.8 Å². The maximum atomic E-state index is 9.43. The quantitative estimate of drug-likeness (QED) is 0.764. The van der Waals surface area contributed by atoms with Crippen LogP contribution in [0.25, 0.3) is 11.1 Å². The van der Waals surface area contributed by atoms with Gasteiger partial charge in [-0.2, -0.15) is 0 Å². The van der Waals surface area contributed by atoms with E-state index >= 15 is 0 Å². The number of phenols is 2. The van der Waals surface area contributed by atoms with Gasteiger partial charge in [0.1, 0.15) is 11.5 Å². The van der Waals surface area contributed by atoms with Gasteiger partial charge in [-0.3, -0.25) is 0 Å². The molecule has 82 valence electrons. The van der Waals surface area contributed by atoms with Crippen molar-refractivity contribution in [2.45, 2.75) is 13.8 Å². The lowest BCUT2D eigenvalue weighted by Crippen LogP contribution is -1.82. The highest BCUT2D eigenvalue weighted by atomic mass is 16.3. The van der Waals surface area contributed by atoms with Crippen molar-refractivity contribution in [3.05, 3.63) is 47.5 Å². The second kappa shape index (κ2) is 3.89. The highest BCUT2D eigenvalue weighted by Gasteiger charge is 2.03. The Kier molecular flexibility index (Phi) is 2.57. The molecule has 2 nitrogen and oxygen atoms in total. The Labute approximate surface area is 94.8 Å².